The summed E-state index contributed by atoms with van der Waals surface area (Å²) in [6.07, 6.45) is 4.98. The van der Waals surface area contributed by atoms with E-state index in [9.17, 15) is 9.59 Å². The standard InChI is InChI=1S/C21H23N3O3S2/c1-3-9-24-20(26)18-15(16-8-7-14(2)27-16)12-28-19(18)22-21(24)29-13-17(25)23-10-5-4-6-11-23/h3,7-8,12H,1,4-6,9-11,13H2,2H3. The molecular formula is C21H23N3O3S2. The second kappa shape index (κ2) is 8.59. The van der Waals surface area contributed by atoms with Gasteiger partial charge in [0, 0.05) is 30.6 Å². The van der Waals surface area contributed by atoms with Gasteiger partial charge in [-0.2, -0.15) is 0 Å². The number of hydrogen-bond acceptors (Lipinski definition) is 6. The van der Waals surface area contributed by atoms with Gasteiger partial charge in [-0.3, -0.25) is 14.2 Å². The number of hydrogen-bond donors (Lipinski definition) is 0. The van der Waals surface area contributed by atoms with Gasteiger partial charge in [-0.25, -0.2) is 4.98 Å². The van der Waals surface area contributed by atoms with Crippen molar-refractivity contribution in [2.75, 3.05) is 18.8 Å². The van der Waals surface area contributed by atoms with Crippen LogP contribution in [0.1, 0.15) is 25.0 Å². The Kier molecular flexibility index (Phi) is 5.91. The second-order valence-corrected chi connectivity index (χ2v) is 8.87. The van der Waals surface area contributed by atoms with E-state index >= 15 is 0 Å². The Morgan fingerprint density at radius 1 is 1.34 bits per heavy atom. The lowest BCUT2D eigenvalue weighted by atomic mass is 10.1. The lowest BCUT2D eigenvalue weighted by Gasteiger charge is -2.26. The molecule has 0 radical (unpaired) electrons. The predicted octanol–water partition coefficient (Wildman–Crippen LogP) is 4.32. The van der Waals surface area contributed by atoms with E-state index in [2.05, 4.69) is 6.58 Å². The highest BCUT2D eigenvalue weighted by Gasteiger charge is 2.21. The number of thioether (sulfide) groups is 1. The third-order valence-electron chi connectivity index (χ3n) is 5.01. The van der Waals surface area contributed by atoms with E-state index in [1.54, 1.807) is 10.6 Å². The van der Waals surface area contributed by atoms with Gasteiger partial charge < -0.3 is 9.32 Å². The van der Waals surface area contributed by atoms with Gasteiger partial charge in [0.1, 0.15) is 16.4 Å². The van der Waals surface area contributed by atoms with E-state index in [-0.39, 0.29) is 17.2 Å². The van der Waals surface area contributed by atoms with Crippen LogP contribution in [-0.4, -0.2) is 39.2 Å². The summed E-state index contributed by atoms with van der Waals surface area (Å²) >= 11 is 2.74. The molecule has 1 amide bonds. The van der Waals surface area contributed by atoms with E-state index < -0.39 is 0 Å². The number of thiophene rings is 1. The summed E-state index contributed by atoms with van der Waals surface area (Å²) in [7, 11) is 0. The van der Waals surface area contributed by atoms with Gasteiger partial charge in [0.05, 0.1) is 11.1 Å². The normalized spacial score (nSPS) is 14.4. The Hall–Kier alpha value is -2.32. The molecule has 8 heteroatoms. The molecule has 0 saturated carbocycles. The van der Waals surface area contributed by atoms with Crippen LogP contribution in [0.4, 0.5) is 0 Å². The Morgan fingerprint density at radius 2 is 2.14 bits per heavy atom. The average molecular weight is 430 g/mol. The molecule has 1 aliphatic heterocycles. The molecule has 3 aromatic rings. The summed E-state index contributed by atoms with van der Waals surface area (Å²) in [6, 6.07) is 3.75. The maximum atomic E-state index is 13.3. The van der Waals surface area contributed by atoms with Crippen LogP contribution in [0.25, 0.3) is 21.5 Å². The molecule has 0 aliphatic carbocycles. The Morgan fingerprint density at radius 3 is 2.83 bits per heavy atom. The molecule has 4 heterocycles. The van der Waals surface area contributed by atoms with Crippen molar-refractivity contribution < 1.29 is 9.21 Å². The van der Waals surface area contributed by atoms with Crippen molar-refractivity contribution in [3.63, 3.8) is 0 Å². The highest BCUT2D eigenvalue weighted by molar-refractivity contribution is 7.99. The summed E-state index contributed by atoms with van der Waals surface area (Å²) in [6.45, 7) is 7.63. The number of aryl methyl sites for hydroxylation is 1. The van der Waals surface area contributed by atoms with Gasteiger partial charge in [0.15, 0.2) is 5.16 Å². The molecule has 0 bridgehead atoms. The average Bonchev–Trinajstić information content (AvgIpc) is 3.35. The molecule has 0 aromatic carbocycles. The number of carbonyl (C=O) groups excluding carboxylic acids is 1. The minimum absolute atomic E-state index is 0.104. The van der Waals surface area contributed by atoms with Crippen LogP contribution >= 0.6 is 23.1 Å². The van der Waals surface area contributed by atoms with Crippen LogP contribution in [0.15, 0.2) is 44.5 Å². The third-order valence-corrected chi connectivity index (χ3v) is 6.84. The highest BCUT2D eigenvalue weighted by Crippen LogP contribution is 2.33. The molecule has 0 unspecified atom stereocenters. The predicted molar refractivity (Wildman–Crippen MR) is 118 cm³/mol. The van der Waals surface area contributed by atoms with Crippen molar-refractivity contribution in [3.05, 3.63) is 46.3 Å². The van der Waals surface area contributed by atoms with E-state index in [1.165, 1.54) is 29.5 Å². The number of carbonyl (C=O) groups is 1. The van der Waals surface area contributed by atoms with Crippen molar-refractivity contribution in [3.8, 4) is 11.3 Å². The molecule has 29 heavy (non-hydrogen) atoms. The minimum atomic E-state index is -0.131. The monoisotopic (exact) mass is 429 g/mol. The van der Waals surface area contributed by atoms with Crippen molar-refractivity contribution in [1.29, 1.82) is 0 Å². The molecule has 0 atom stereocenters. The fraction of sp³-hybridized carbons (Fsp3) is 0.381. The van der Waals surface area contributed by atoms with E-state index in [0.29, 0.717) is 27.7 Å². The zero-order valence-corrected chi connectivity index (χ0v) is 18.0. The number of rotatable bonds is 6. The van der Waals surface area contributed by atoms with Gasteiger partial charge in [-0.15, -0.1) is 17.9 Å². The first-order valence-corrected chi connectivity index (χ1v) is 11.6. The summed E-state index contributed by atoms with van der Waals surface area (Å²) in [4.78, 5) is 33.1. The quantitative estimate of drug-likeness (QED) is 0.332. The maximum Gasteiger partial charge on any atom is 0.263 e. The summed E-state index contributed by atoms with van der Waals surface area (Å²) in [5, 5.41) is 3.01. The molecule has 1 saturated heterocycles. The van der Waals surface area contributed by atoms with Gasteiger partial charge in [-0.1, -0.05) is 17.8 Å². The number of piperidine rings is 1. The molecule has 0 N–H and O–H groups in total. The Bertz CT molecular complexity index is 1110. The molecule has 152 valence electrons. The lowest BCUT2D eigenvalue weighted by Crippen LogP contribution is -2.37. The first kappa shape index (κ1) is 20.0. The van der Waals surface area contributed by atoms with Crippen LogP contribution in [-0.2, 0) is 11.3 Å². The highest BCUT2D eigenvalue weighted by atomic mass is 32.2. The van der Waals surface area contributed by atoms with Crippen LogP contribution in [0.3, 0.4) is 0 Å². The Balaban J connectivity index is 1.67. The van der Waals surface area contributed by atoms with Crippen LogP contribution in [0.2, 0.25) is 0 Å². The number of allylic oxidation sites excluding steroid dienone is 1. The van der Waals surface area contributed by atoms with Crippen LogP contribution in [0, 0.1) is 6.92 Å². The summed E-state index contributed by atoms with van der Waals surface area (Å²) in [5.74, 6) is 1.85. The molecule has 6 nitrogen and oxygen atoms in total. The maximum absolute atomic E-state index is 13.3. The first-order valence-electron chi connectivity index (χ1n) is 9.69. The van der Waals surface area contributed by atoms with Crippen molar-refractivity contribution in [2.24, 2.45) is 0 Å². The first-order chi connectivity index (χ1) is 14.1. The van der Waals surface area contributed by atoms with Crippen LogP contribution in [0.5, 0.6) is 0 Å². The minimum Gasteiger partial charge on any atom is -0.461 e. The Labute approximate surface area is 177 Å². The zero-order valence-electron chi connectivity index (χ0n) is 16.3. The lowest BCUT2D eigenvalue weighted by molar-refractivity contribution is -0.129. The third kappa shape index (κ3) is 4.04. The zero-order chi connectivity index (χ0) is 20.4. The number of amides is 1. The van der Waals surface area contributed by atoms with E-state index in [4.69, 9.17) is 9.40 Å². The van der Waals surface area contributed by atoms with Crippen LogP contribution < -0.4 is 5.56 Å². The van der Waals surface area contributed by atoms with Gasteiger partial charge in [-0.05, 0) is 38.3 Å². The second-order valence-electron chi connectivity index (χ2n) is 7.07. The van der Waals surface area contributed by atoms with Crippen molar-refractivity contribution in [1.82, 2.24) is 14.5 Å². The molecule has 4 rings (SSSR count). The number of aromatic nitrogens is 2. The smallest absolute Gasteiger partial charge is 0.263 e. The summed E-state index contributed by atoms with van der Waals surface area (Å²) < 4.78 is 7.32. The summed E-state index contributed by atoms with van der Waals surface area (Å²) in [5.41, 5.74) is 0.627. The van der Waals surface area contributed by atoms with E-state index in [0.717, 1.165) is 37.3 Å². The fourth-order valence-electron chi connectivity index (χ4n) is 3.53. The SMILES string of the molecule is C=CCn1c(SCC(=O)N2CCCCC2)nc2scc(-c3ccc(C)o3)c2c1=O. The van der Waals surface area contributed by atoms with Gasteiger partial charge >= 0.3 is 0 Å². The van der Waals surface area contributed by atoms with Gasteiger partial charge in [0.25, 0.3) is 5.56 Å². The molecule has 0 spiro atoms. The molecular weight excluding hydrogens is 406 g/mol. The largest absolute Gasteiger partial charge is 0.461 e. The molecule has 1 aliphatic rings. The number of nitrogens with zero attached hydrogens (tertiary/aromatic N) is 3. The van der Waals surface area contributed by atoms with Crippen molar-refractivity contribution in [2.45, 2.75) is 37.9 Å². The fourth-order valence-corrected chi connectivity index (χ4v) is 5.41. The number of furan rings is 1. The number of likely N-dealkylation sites (tertiary alicyclic amines) is 1. The molecule has 1 fully saturated rings. The van der Waals surface area contributed by atoms with Gasteiger partial charge in [0.2, 0.25) is 5.91 Å². The van der Waals surface area contributed by atoms with E-state index in [1.807, 2.05) is 29.3 Å². The molecule has 3 aromatic heterocycles. The van der Waals surface area contributed by atoms with Crippen molar-refractivity contribution >= 4 is 39.2 Å². The topological polar surface area (TPSA) is 68.3 Å². The number of fused-ring (bicyclic) bond motifs is 1.